The number of ether oxygens (including phenoxy) is 1. The van der Waals surface area contributed by atoms with E-state index in [0.29, 0.717) is 34.8 Å². The van der Waals surface area contributed by atoms with Gasteiger partial charge in [-0.1, -0.05) is 42.0 Å². The average molecular weight is 403 g/mol. The summed E-state index contributed by atoms with van der Waals surface area (Å²) in [6.45, 7) is 3.69. The largest absolute Gasteiger partial charge is 0.454 e. The quantitative estimate of drug-likeness (QED) is 0.486. The standard InChI is InChI=1S/C23H21N3O4/c1-14-7-9-16(10-8-14)19-13-24-20(30-19)11-12-21(27)29-15(2)22-25-18-6-4-3-5-17(18)23(28)26-22/h3-10,13,15H,11-12H2,1-2H3,(H,25,26,28)/t15-/m1/s1. The third kappa shape index (κ3) is 4.30. The highest BCUT2D eigenvalue weighted by atomic mass is 16.5. The number of aromatic amines is 1. The van der Waals surface area contributed by atoms with Crippen LogP contribution in [0.5, 0.6) is 0 Å². The molecule has 0 aliphatic heterocycles. The molecule has 0 radical (unpaired) electrons. The van der Waals surface area contributed by atoms with E-state index in [2.05, 4.69) is 15.0 Å². The van der Waals surface area contributed by atoms with E-state index in [1.54, 1.807) is 37.4 Å². The van der Waals surface area contributed by atoms with Gasteiger partial charge < -0.3 is 14.1 Å². The minimum Gasteiger partial charge on any atom is -0.454 e. The molecule has 7 nitrogen and oxygen atoms in total. The van der Waals surface area contributed by atoms with Crippen molar-refractivity contribution in [3.8, 4) is 11.3 Å². The number of H-pyrrole nitrogens is 1. The van der Waals surface area contributed by atoms with Crippen LogP contribution in [0, 0.1) is 6.92 Å². The number of benzene rings is 2. The van der Waals surface area contributed by atoms with Crippen LogP contribution in [0.1, 0.15) is 36.7 Å². The molecule has 2 aromatic heterocycles. The molecule has 0 aliphatic carbocycles. The van der Waals surface area contributed by atoms with Gasteiger partial charge in [-0.15, -0.1) is 0 Å². The number of fused-ring (bicyclic) bond motifs is 1. The Kier molecular flexibility index (Phi) is 5.43. The summed E-state index contributed by atoms with van der Waals surface area (Å²) in [6, 6.07) is 15.0. The zero-order chi connectivity index (χ0) is 21.1. The van der Waals surface area contributed by atoms with E-state index in [4.69, 9.17) is 9.15 Å². The summed E-state index contributed by atoms with van der Waals surface area (Å²) in [5.41, 5.74) is 2.39. The van der Waals surface area contributed by atoms with Gasteiger partial charge in [-0.05, 0) is 26.0 Å². The highest BCUT2D eigenvalue weighted by molar-refractivity contribution is 5.77. The van der Waals surface area contributed by atoms with Gasteiger partial charge in [-0.25, -0.2) is 9.97 Å². The second-order valence-corrected chi connectivity index (χ2v) is 7.08. The van der Waals surface area contributed by atoms with E-state index in [0.717, 1.165) is 11.1 Å². The van der Waals surface area contributed by atoms with Gasteiger partial charge in [0.2, 0.25) is 0 Å². The number of aryl methyl sites for hydroxylation is 2. The molecule has 0 saturated heterocycles. The number of rotatable bonds is 6. The van der Waals surface area contributed by atoms with Gasteiger partial charge in [0, 0.05) is 12.0 Å². The van der Waals surface area contributed by atoms with E-state index in [-0.39, 0.29) is 12.0 Å². The Morgan fingerprint density at radius 2 is 1.93 bits per heavy atom. The molecule has 0 amide bonds. The number of hydrogen-bond acceptors (Lipinski definition) is 6. The van der Waals surface area contributed by atoms with Crippen molar-refractivity contribution < 1.29 is 13.9 Å². The van der Waals surface area contributed by atoms with Gasteiger partial charge in [0.25, 0.3) is 5.56 Å². The van der Waals surface area contributed by atoms with Gasteiger partial charge in [0.05, 0.1) is 23.5 Å². The van der Waals surface area contributed by atoms with E-state index < -0.39 is 12.1 Å². The van der Waals surface area contributed by atoms with E-state index in [9.17, 15) is 9.59 Å². The van der Waals surface area contributed by atoms with Crippen molar-refractivity contribution >= 4 is 16.9 Å². The predicted molar refractivity (Wildman–Crippen MR) is 112 cm³/mol. The summed E-state index contributed by atoms with van der Waals surface area (Å²) >= 11 is 0. The third-order valence-corrected chi connectivity index (χ3v) is 4.76. The second kappa shape index (κ2) is 8.32. The average Bonchev–Trinajstić information content (AvgIpc) is 3.22. The van der Waals surface area contributed by atoms with Crippen LogP contribution < -0.4 is 5.56 Å². The summed E-state index contributed by atoms with van der Waals surface area (Å²) in [5, 5.41) is 0.494. The topological polar surface area (TPSA) is 98.1 Å². The second-order valence-electron chi connectivity index (χ2n) is 7.08. The van der Waals surface area contributed by atoms with Crippen LogP contribution in [0.15, 0.2) is 63.9 Å². The van der Waals surface area contributed by atoms with E-state index in [1.165, 1.54) is 0 Å². The molecule has 2 aromatic carbocycles. The normalized spacial score (nSPS) is 12.1. The zero-order valence-corrected chi connectivity index (χ0v) is 16.7. The van der Waals surface area contributed by atoms with E-state index >= 15 is 0 Å². The Hall–Kier alpha value is -3.74. The Bertz CT molecular complexity index is 1240. The maximum atomic E-state index is 12.3. The van der Waals surface area contributed by atoms with Crippen molar-refractivity contribution in [3.05, 3.63) is 82.4 Å². The molecule has 0 bridgehead atoms. The van der Waals surface area contributed by atoms with Crippen LogP contribution >= 0.6 is 0 Å². The molecular weight excluding hydrogens is 382 g/mol. The summed E-state index contributed by atoms with van der Waals surface area (Å²) in [4.78, 5) is 35.7. The molecule has 0 saturated carbocycles. The Balaban J connectivity index is 1.37. The molecule has 7 heteroatoms. The first-order valence-electron chi connectivity index (χ1n) is 9.70. The minimum atomic E-state index is -0.678. The predicted octanol–water partition coefficient (Wildman–Crippen LogP) is 4.12. The molecule has 0 aliphatic rings. The fourth-order valence-electron chi connectivity index (χ4n) is 3.10. The van der Waals surface area contributed by atoms with Crippen molar-refractivity contribution in [1.29, 1.82) is 0 Å². The molecule has 2 heterocycles. The lowest BCUT2D eigenvalue weighted by atomic mass is 10.1. The van der Waals surface area contributed by atoms with Crippen LogP contribution in [-0.2, 0) is 16.0 Å². The van der Waals surface area contributed by atoms with Crippen molar-refractivity contribution in [3.63, 3.8) is 0 Å². The van der Waals surface area contributed by atoms with Gasteiger partial charge in [-0.3, -0.25) is 9.59 Å². The van der Waals surface area contributed by atoms with Crippen LogP contribution in [0.25, 0.3) is 22.2 Å². The summed E-state index contributed by atoms with van der Waals surface area (Å²) in [5.74, 6) is 1.01. The molecule has 4 rings (SSSR count). The lowest BCUT2D eigenvalue weighted by Crippen LogP contribution is -2.17. The Labute approximate surface area is 172 Å². The van der Waals surface area contributed by atoms with Crippen molar-refractivity contribution in [2.75, 3.05) is 0 Å². The molecular formula is C23H21N3O4. The molecule has 4 aromatic rings. The molecule has 0 spiro atoms. The van der Waals surface area contributed by atoms with Gasteiger partial charge in [0.15, 0.2) is 23.6 Å². The molecule has 1 N–H and O–H groups in total. The van der Waals surface area contributed by atoms with Crippen molar-refractivity contribution in [1.82, 2.24) is 15.0 Å². The molecule has 152 valence electrons. The summed E-state index contributed by atoms with van der Waals surface area (Å²) in [6.07, 6.45) is 1.40. The van der Waals surface area contributed by atoms with E-state index in [1.807, 2.05) is 31.2 Å². The van der Waals surface area contributed by atoms with Crippen LogP contribution in [0.2, 0.25) is 0 Å². The third-order valence-electron chi connectivity index (χ3n) is 4.76. The number of aromatic nitrogens is 3. The first-order chi connectivity index (χ1) is 14.5. The molecule has 0 fully saturated rings. The van der Waals surface area contributed by atoms with Gasteiger partial charge in [-0.2, -0.15) is 0 Å². The number of carbonyl (C=O) groups is 1. The summed E-state index contributed by atoms with van der Waals surface area (Å²) < 4.78 is 11.2. The summed E-state index contributed by atoms with van der Waals surface area (Å²) in [7, 11) is 0. The number of nitrogens with zero attached hydrogens (tertiary/aromatic N) is 2. The first kappa shape index (κ1) is 19.6. The number of esters is 1. The van der Waals surface area contributed by atoms with Crippen LogP contribution in [0.3, 0.4) is 0 Å². The monoisotopic (exact) mass is 403 g/mol. The van der Waals surface area contributed by atoms with Gasteiger partial charge in [0.1, 0.15) is 0 Å². The lowest BCUT2D eigenvalue weighted by Gasteiger charge is -2.12. The highest BCUT2D eigenvalue weighted by Crippen LogP contribution is 2.22. The minimum absolute atomic E-state index is 0.107. The molecule has 0 unspecified atom stereocenters. The van der Waals surface area contributed by atoms with Gasteiger partial charge >= 0.3 is 5.97 Å². The molecule has 1 atom stereocenters. The number of para-hydroxylation sites is 1. The smallest absolute Gasteiger partial charge is 0.307 e. The molecule has 30 heavy (non-hydrogen) atoms. The van der Waals surface area contributed by atoms with Crippen molar-refractivity contribution in [2.45, 2.75) is 32.8 Å². The number of oxazole rings is 1. The maximum Gasteiger partial charge on any atom is 0.307 e. The van der Waals surface area contributed by atoms with Crippen LogP contribution in [0.4, 0.5) is 0 Å². The first-order valence-corrected chi connectivity index (χ1v) is 9.70. The SMILES string of the molecule is Cc1ccc(-c2cnc(CCC(=O)O[C@H](C)c3nc4ccccc4c(=O)[nH]3)o2)cc1. The maximum absolute atomic E-state index is 12.3. The number of carbonyl (C=O) groups excluding carboxylic acids is 1. The van der Waals surface area contributed by atoms with Crippen LogP contribution in [-0.4, -0.2) is 20.9 Å². The fraction of sp³-hybridized carbons (Fsp3) is 0.217. The lowest BCUT2D eigenvalue weighted by molar-refractivity contribution is -0.149. The zero-order valence-electron chi connectivity index (χ0n) is 16.7. The Morgan fingerprint density at radius 3 is 2.73 bits per heavy atom. The Morgan fingerprint density at radius 1 is 1.17 bits per heavy atom. The fourth-order valence-corrected chi connectivity index (χ4v) is 3.10. The number of nitrogens with one attached hydrogen (secondary N) is 1. The number of hydrogen-bond donors (Lipinski definition) is 1. The van der Waals surface area contributed by atoms with Crippen molar-refractivity contribution in [2.24, 2.45) is 0 Å². The highest BCUT2D eigenvalue weighted by Gasteiger charge is 2.16.